The molecule has 4 rings (SSSR count). The van der Waals surface area contributed by atoms with E-state index in [1.165, 1.54) is 0 Å². The molecule has 0 bridgehead atoms. The van der Waals surface area contributed by atoms with Crippen molar-refractivity contribution < 1.29 is 35.8 Å². The van der Waals surface area contributed by atoms with Gasteiger partial charge in [-0.15, -0.1) is 0 Å². The summed E-state index contributed by atoms with van der Waals surface area (Å²) in [5.41, 5.74) is -3.66. The molecule has 0 heterocycles. The van der Waals surface area contributed by atoms with Crippen LogP contribution in [0.4, 0.5) is 0 Å². The summed E-state index contributed by atoms with van der Waals surface area (Å²) in [6.07, 6.45) is 2.53. The number of fused-ring (bicyclic) bond motifs is 5. The van der Waals surface area contributed by atoms with E-state index in [0.717, 1.165) is 12.0 Å². The van der Waals surface area contributed by atoms with Gasteiger partial charge in [0.2, 0.25) is 0 Å². The highest BCUT2D eigenvalue weighted by atomic mass is 16.4. The maximum absolute atomic E-state index is 12.3. The van der Waals surface area contributed by atoms with E-state index in [-0.39, 0.29) is 24.2 Å². The quantitative estimate of drug-likeness (QED) is 0.228. The molecule has 3 saturated carbocycles. The lowest BCUT2D eigenvalue weighted by Gasteiger charge is -2.61. The molecule has 35 heavy (non-hydrogen) atoms. The van der Waals surface area contributed by atoms with Gasteiger partial charge in [-0.1, -0.05) is 19.0 Å². The van der Waals surface area contributed by atoms with Gasteiger partial charge >= 0.3 is 0 Å². The molecule has 0 aliphatic heterocycles. The lowest BCUT2D eigenvalue weighted by molar-refractivity contribution is -0.172. The summed E-state index contributed by atoms with van der Waals surface area (Å²) in [6.45, 7) is 9.04. The van der Waals surface area contributed by atoms with Crippen LogP contribution in [0, 0.1) is 28.6 Å². The van der Waals surface area contributed by atoms with Gasteiger partial charge in [-0.25, -0.2) is 0 Å². The SMILES string of the molecule is CC(C)(O)CC[C@H](O)[C@](C)(O)[C@@H]1CC[C@@]2(O)C3=CC(=NO)[C@@H]4C[C@@H](O)[C@@H](O)C[C@]4(C)[C@@H]3CC[C@]12C. The zero-order valence-corrected chi connectivity index (χ0v) is 21.8. The van der Waals surface area contributed by atoms with Crippen LogP contribution in [0.5, 0.6) is 0 Å². The molecule has 8 nitrogen and oxygen atoms in total. The van der Waals surface area contributed by atoms with E-state index in [9.17, 15) is 35.8 Å². The molecule has 4 aliphatic rings. The molecule has 8 heteroatoms. The Morgan fingerprint density at radius 3 is 2.31 bits per heavy atom. The molecule has 0 aromatic heterocycles. The minimum absolute atomic E-state index is 0.0537. The van der Waals surface area contributed by atoms with Crippen molar-refractivity contribution in [2.45, 2.75) is 121 Å². The number of aliphatic hydroxyl groups is 6. The highest BCUT2D eigenvalue weighted by molar-refractivity contribution is 5.99. The molecular weight excluding hydrogens is 450 g/mol. The van der Waals surface area contributed by atoms with Gasteiger partial charge in [0, 0.05) is 11.3 Å². The predicted molar refractivity (Wildman–Crippen MR) is 131 cm³/mol. The van der Waals surface area contributed by atoms with Crippen molar-refractivity contribution in [3.05, 3.63) is 11.6 Å². The van der Waals surface area contributed by atoms with Crippen molar-refractivity contribution in [2.24, 2.45) is 33.7 Å². The maximum Gasteiger partial charge on any atom is 0.0920 e. The summed E-state index contributed by atoms with van der Waals surface area (Å²) in [5, 5.41) is 79.3. The predicted octanol–water partition coefficient (Wildman–Crippen LogP) is 2.12. The summed E-state index contributed by atoms with van der Waals surface area (Å²) in [4.78, 5) is 0. The number of allylic oxidation sites excluding steroid dienone is 1. The molecule has 0 radical (unpaired) electrons. The van der Waals surface area contributed by atoms with Gasteiger partial charge in [-0.05, 0) is 101 Å². The van der Waals surface area contributed by atoms with E-state index in [2.05, 4.69) is 12.1 Å². The van der Waals surface area contributed by atoms with Crippen molar-refractivity contribution in [1.29, 1.82) is 0 Å². The molecule has 7 N–H and O–H groups in total. The van der Waals surface area contributed by atoms with E-state index >= 15 is 0 Å². The first-order valence-electron chi connectivity index (χ1n) is 13.2. The first-order chi connectivity index (χ1) is 16.0. The molecule has 200 valence electrons. The molecule has 0 unspecified atom stereocenters. The Labute approximate surface area is 208 Å². The summed E-state index contributed by atoms with van der Waals surface area (Å²) in [5.74, 6) is -0.656. The van der Waals surface area contributed by atoms with Crippen LogP contribution in [0.25, 0.3) is 0 Å². The number of hydrogen-bond acceptors (Lipinski definition) is 8. The Balaban J connectivity index is 1.70. The lowest BCUT2D eigenvalue weighted by Crippen LogP contribution is -2.62. The summed E-state index contributed by atoms with van der Waals surface area (Å²) in [7, 11) is 0. The van der Waals surface area contributed by atoms with Crippen LogP contribution in [0.2, 0.25) is 0 Å². The third-order valence-electron chi connectivity index (χ3n) is 10.7. The summed E-state index contributed by atoms with van der Waals surface area (Å²) >= 11 is 0. The third kappa shape index (κ3) is 3.99. The van der Waals surface area contributed by atoms with Gasteiger partial charge in [0.15, 0.2) is 0 Å². The van der Waals surface area contributed by atoms with E-state index in [1.54, 1.807) is 26.8 Å². The molecule has 0 saturated heterocycles. The largest absolute Gasteiger partial charge is 0.411 e. The number of hydrogen-bond donors (Lipinski definition) is 7. The summed E-state index contributed by atoms with van der Waals surface area (Å²) in [6, 6.07) is 0. The topological polar surface area (TPSA) is 154 Å². The monoisotopic (exact) mass is 495 g/mol. The van der Waals surface area contributed by atoms with Gasteiger partial charge in [0.1, 0.15) is 0 Å². The van der Waals surface area contributed by atoms with Gasteiger partial charge in [0.25, 0.3) is 0 Å². The Morgan fingerprint density at radius 1 is 1.06 bits per heavy atom. The van der Waals surface area contributed by atoms with E-state index < -0.39 is 45.9 Å². The molecule has 4 aliphatic carbocycles. The van der Waals surface area contributed by atoms with Crippen LogP contribution in [-0.4, -0.2) is 76.7 Å². The number of nitrogens with zero attached hydrogens (tertiary/aromatic N) is 1. The van der Waals surface area contributed by atoms with E-state index in [0.29, 0.717) is 44.2 Å². The first-order valence-corrected chi connectivity index (χ1v) is 13.2. The highest BCUT2D eigenvalue weighted by Gasteiger charge is 2.68. The van der Waals surface area contributed by atoms with Gasteiger partial charge < -0.3 is 35.8 Å². The smallest absolute Gasteiger partial charge is 0.0920 e. The minimum atomic E-state index is -1.46. The van der Waals surface area contributed by atoms with Gasteiger partial charge in [0.05, 0.1) is 40.8 Å². The molecule has 0 spiro atoms. The maximum atomic E-state index is 12.3. The average molecular weight is 496 g/mol. The summed E-state index contributed by atoms with van der Waals surface area (Å²) < 4.78 is 0. The van der Waals surface area contributed by atoms with Crippen LogP contribution in [0.1, 0.15) is 86.0 Å². The first kappa shape index (κ1) is 27.0. The second kappa shape index (κ2) is 8.50. The zero-order valence-electron chi connectivity index (χ0n) is 21.8. The van der Waals surface area contributed by atoms with Crippen molar-refractivity contribution >= 4 is 5.71 Å². The van der Waals surface area contributed by atoms with Crippen LogP contribution in [-0.2, 0) is 0 Å². The van der Waals surface area contributed by atoms with Crippen molar-refractivity contribution in [3.63, 3.8) is 0 Å². The molecular formula is C27H45NO7. The Morgan fingerprint density at radius 2 is 1.71 bits per heavy atom. The average Bonchev–Trinajstić information content (AvgIpc) is 3.04. The van der Waals surface area contributed by atoms with Crippen LogP contribution >= 0.6 is 0 Å². The third-order valence-corrected chi connectivity index (χ3v) is 10.7. The molecule has 0 amide bonds. The van der Waals surface area contributed by atoms with Crippen LogP contribution in [0.15, 0.2) is 16.8 Å². The van der Waals surface area contributed by atoms with E-state index in [1.807, 2.05) is 6.92 Å². The molecule has 0 aromatic carbocycles. The number of rotatable bonds is 5. The van der Waals surface area contributed by atoms with Crippen LogP contribution < -0.4 is 0 Å². The molecule has 0 aromatic rings. The normalized spacial score (nSPS) is 47.3. The fourth-order valence-corrected chi connectivity index (χ4v) is 8.44. The second-order valence-electron chi connectivity index (χ2n) is 13.3. The number of aliphatic hydroxyl groups excluding tert-OH is 3. The van der Waals surface area contributed by atoms with Crippen LogP contribution in [0.3, 0.4) is 0 Å². The Hall–Kier alpha value is -1.03. The van der Waals surface area contributed by atoms with Gasteiger partial charge in [-0.2, -0.15) is 0 Å². The Kier molecular flexibility index (Phi) is 6.56. The van der Waals surface area contributed by atoms with Gasteiger partial charge in [-0.3, -0.25) is 0 Å². The molecule has 10 atom stereocenters. The lowest BCUT2D eigenvalue weighted by atomic mass is 9.45. The van der Waals surface area contributed by atoms with E-state index in [4.69, 9.17) is 0 Å². The zero-order chi connectivity index (χ0) is 26.2. The highest BCUT2D eigenvalue weighted by Crippen LogP contribution is 2.68. The fraction of sp³-hybridized carbons (Fsp3) is 0.889. The van der Waals surface area contributed by atoms with Crippen molar-refractivity contribution in [1.82, 2.24) is 0 Å². The van der Waals surface area contributed by atoms with Crippen molar-refractivity contribution in [3.8, 4) is 0 Å². The standard InChI is InChI=1S/C27H45NO7/c1-23(2,32)9-8-22(31)26(5,33)21-7-11-27(34)16-12-18(28-35)17-13-19(29)20(30)14-24(17,3)15(16)6-10-25(21,27)4/h12,15,17,19-22,29-35H,6-11,13-14H2,1-5H3/t15-,17+,19-,20+,21-,22+,24-,25-,26-,27-/m1/s1. The Bertz CT molecular complexity index is 894. The molecule has 3 fully saturated rings. The number of oxime groups is 1. The fourth-order valence-electron chi connectivity index (χ4n) is 8.44. The minimum Gasteiger partial charge on any atom is -0.411 e. The second-order valence-corrected chi connectivity index (χ2v) is 13.3. The van der Waals surface area contributed by atoms with Crippen molar-refractivity contribution in [2.75, 3.05) is 0 Å².